The summed E-state index contributed by atoms with van der Waals surface area (Å²) in [6.07, 6.45) is 0.702. The van der Waals surface area contributed by atoms with E-state index in [0.29, 0.717) is 52.1 Å². The van der Waals surface area contributed by atoms with Crippen LogP contribution < -0.4 is 4.90 Å². The number of hydrogen-bond donors (Lipinski definition) is 0. The standard InChI is InChI=1S/C26H32N4O2/c1-20-5-7-23(8-6-20)18-25(31)29-13-11-28(12-14-29)19-26(32)30(10-4-9-27)24-16-21(2)15-22(3)17-24/h5-8,15-17H,4,10-14,18-19H2,1-3H3. The third-order valence-corrected chi connectivity index (χ3v) is 5.83. The van der Waals surface area contributed by atoms with E-state index in [2.05, 4.69) is 17.0 Å². The maximum absolute atomic E-state index is 13.1. The minimum absolute atomic E-state index is 0.00955. The maximum atomic E-state index is 13.1. The number of amides is 2. The smallest absolute Gasteiger partial charge is 0.241 e. The molecule has 0 N–H and O–H groups in total. The lowest BCUT2D eigenvalue weighted by molar-refractivity contribution is -0.132. The Balaban J connectivity index is 1.56. The van der Waals surface area contributed by atoms with Crippen molar-refractivity contribution < 1.29 is 9.59 Å². The van der Waals surface area contributed by atoms with Gasteiger partial charge in [-0.05, 0) is 49.6 Å². The van der Waals surface area contributed by atoms with Gasteiger partial charge < -0.3 is 9.80 Å². The first-order chi connectivity index (χ1) is 15.4. The summed E-state index contributed by atoms with van der Waals surface area (Å²) in [5.74, 6) is 0.121. The van der Waals surface area contributed by atoms with Crippen LogP contribution in [-0.4, -0.2) is 60.9 Å². The van der Waals surface area contributed by atoms with Gasteiger partial charge in [-0.25, -0.2) is 0 Å². The van der Waals surface area contributed by atoms with E-state index in [4.69, 9.17) is 5.26 Å². The zero-order valence-corrected chi connectivity index (χ0v) is 19.3. The first kappa shape index (κ1) is 23.5. The van der Waals surface area contributed by atoms with Crippen molar-refractivity contribution >= 4 is 17.5 Å². The van der Waals surface area contributed by atoms with E-state index in [9.17, 15) is 9.59 Å². The van der Waals surface area contributed by atoms with Gasteiger partial charge in [0, 0.05) is 38.4 Å². The SMILES string of the molecule is Cc1ccc(CC(=O)N2CCN(CC(=O)N(CCC#N)c3cc(C)cc(C)c3)CC2)cc1. The number of nitriles is 1. The van der Waals surface area contributed by atoms with Gasteiger partial charge in [-0.2, -0.15) is 5.26 Å². The van der Waals surface area contributed by atoms with Gasteiger partial charge in [0.15, 0.2) is 0 Å². The molecule has 0 spiro atoms. The predicted octanol–water partition coefficient (Wildman–Crippen LogP) is 3.25. The molecule has 1 aliphatic heterocycles. The molecule has 6 nitrogen and oxygen atoms in total. The molecule has 2 aromatic rings. The fourth-order valence-electron chi connectivity index (χ4n) is 4.09. The Morgan fingerprint density at radius 2 is 1.56 bits per heavy atom. The van der Waals surface area contributed by atoms with Crippen LogP contribution in [-0.2, 0) is 16.0 Å². The van der Waals surface area contributed by atoms with Crippen LogP contribution in [0.25, 0.3) is 0 Å². The summed E-state index contributed by atoms with van der Waals surface area (Å²) in [6, 6.07) is 16.3. The van der Waals surface area contributed by atoms with Gasteiger partial charge in [-0.1, -0.05) is 35.9 Å². The number of carbonyl (C=O) groups is 2. The van der Waals surface area contributed by atoms with E-state index < -0.39 is 0 Å². The highest BCUT2D eigenvalue weighted by Crippen LogP contribution is 2.20. The molecule has 0 aliphatic carbocycles. The van der Waals surface area contributed by atoms with Crippen LogP contribution in [0.15, 0.2) is 42.5 Å². The van der Waals surface area contributed by atoms with E-state index in [1.54, 1.807) is 4.90 Å². The zero-order valence-electron chi connectivity index (χ0n) is 19.3. The topological polar surface area (TPSA) is 67.7 Å². The Hall–Kier alpha value is -3.17. The number of aryl methyl sites for hydroxylation is 3. The van der Waals surface area contributed by atoms with Gasteiger partial charge in [-0.15, -0.1) is 0 Å². The molecule has 168 valence electrons. The summed E-state index contributed by atoms with van der Waals surface area (Å²) in [4.78, 5) is 31.5. The predicted molar refractivity (Wildman–Crippen MR) is 126 cm³/mol. The molecule has 2 amide bonds. The maximum Gasteiger partial charge on any atom is 0.241 e. The van der Waals surface area contributed by atoms with Crippen molar-refractivity contribution in [2.75, 3.05) is 44.2 Å². The van der Waals surface area contributed by atoms with E-state index in [1.165, 1.54) is 5.56 Å². The number of piperazine rings is 1. The van der Waals surface area contributed by atoms with Crippen LogP contribution in [0.4, 0.5) is 5.69 Å². The molecule has 1 fully saturated rings. The molecule has 0 unspecified atom stereocenters. The molecule has 6 heteroatoms. The lowest BCUT2D eigenvalue weighted by Crippen LogP contribution is -2.52. The third-order valence-electron chi connectivity index (χ3n) is 5.83. The lowest BCUT2D eigenvalue weighted by atomic mass is 10.1. The Labute approximate surface area is 191 Å². The van der Waals surface area contributed by atoms with Crippen molar-refractivity contribution in [3.63, 3.8) is 0 Å². The fourth-order valence-corrected chi connectivity index (χ4v) is 4.09. The lowest BCUT2D eigenvalue weighted by Gasteiger charge is -2.35. The Morgan fingerprint density at radius 1 is 0.938 bits per heavy atom. The van der Waals surface area contributed by atoms with Crippen LogP contribution in [0.5, 0.6) is 0 Å². The molecule has 32 heavy (non-hydrogen) atoms. The molecule has 0 bridgehead atoms. The summed E-state index contributed by atoms with van der Waals surface area (Å²) in [5.41, 5.74) is 5.24. The number of benzene rings is 2. The van der Waals surface area contributed by atoms with Crippen LogP contribution in [0.1, 0.15) is 28.7 Å². The Kier molecular flexibility index (Phi) is 8.02. The average molecular weight is 433 g/mol. The van der Waals surface area contributed by atoms with Crippen molar-refractivity contribution in [3.8, 4) is 6.07 Å². The molecular formula is C26H32N4O2. The summed E-state index contributed by atoms with van der Waals surface area (Å²) in [5, 5.41) is 9.04. The largest absolute Gasteiger partial charge is 0.340 e. The molecule has 0 atom stereocenters. The molecule has 3 rings (SSSR count). The highest BCUT2D eigenvalue weighted by atomic mass is 16.2. The molecular weight excluding hydrogens is 400 g/mol. The third kappa shape index (κ3) is 6.41. The van der Waals surface area contributed by atoms with E-state index in [-0.39, 0.29) is 11.8 Å². The number of hydrogen-bond acceptors (Lipinski definition) is 4. The number of rotatable bonds is 7. The van der Waals surface area contributed by atoms with Gasteiger partial charge in [-0.3, -0.25) is 14.5 Å². The normalized spacial score (nSPS) is 14.1. The molecule has 1 aliphatic rings. The second kappa shape index (κ2) is 10.9. The summed E-state index contributed by atoms with van der Waals surface area (Å²) < 4.78 is 0. The molecule has 2 aromatic carbocycles. The number of anilines is 1. The van der Waals surface area contributed by atoms with Crippen molar-refractivity contribution in [1.82, 2.24) is 9.80 Å². The average Bonchev–Trinajstić information content (AvgIpc) is 2.75. The van der Waals surface area contributed by atoms with E-state index >= 15 is 0 Å². The number of carbonyl (C=O) groups excluding carboxylic acids is 2. The van der Waals surface area contributed by atoms with Crippen LogP contribution >= 0.6 is 0 Å². The van der Waals surface area contributed by atoms with Gasteiger partial charge in [0.2, 0.25) is 11.8 Å². The van der Waals surface area contributed by atoms with Crippen molar-refractivity contribution in [1.29, 1.82) is 5.26 Å². The van der Waals surface area contributed by atoms with Crippen molar-refractivity contribution in [2.24, 2.45) is 0 Å². The minimum Gasteiger partial charge on any atom is -0.340 e. The Morgan fingerprint density at radius 3 is 2.16 bits per heavy atom. The van der Waals surface area contributed by atoms with E-state index in [0.717, 1.165) is 22.4 Å². The van der Waals surface area contributed by atoms with Crippen LogP contribution in [0.3, 0.4) is 0 Å². The van der Waals surface area contributed by atoms with Crippen LogP contribution in [0.2, 0.25) is 0 Å². The first-order valence-electron chi connectivity index (χ1n) is 11.2. The minimum atomic E-state index is -0.00955. The summed E-state index contributed by atoms with van der Waals surface area (Å²) in [6.45, 7) is 9.32. The molecule has 0 saturated carbocycles. The van der Waals surface area contributed by atoms with Gasteiger partial charge >= 0.3 is 0 Å². The fraction of sp³-hybridized carbons (Fsp3) is 0.423. The molecule has 1 saturated heterocycles. The molecule has 1 heterocycles. The number of nitrogens with zero attached hydrogens (tertiary/aromatic N) is 4. The van der Waals surface area contributed by atoms with Gasteiger partial charge in [0.1, 0.15) is 0 Å². The zero-order chi connectivity index (χ0) is 23.1. The van der Waals surface area contributed by atoms with Gasteiger partial charge in [0.25, 0.3) is 0 Å². The summed E-state index contributed by atoms with van der Waals surface area (Å²) >= 11 is 0. The van der Waals surface area contributed by atoms with E-state index in [1.807, 2.05) is 62.1 Å². The van der Waals surface area contributed by atoms with Crippen LogP contribution in [0, 0.1) is 32.1 Å². The highest BCUT2D eigenvalue weighted by molar-refractivity contribution is 5.95. The van der Waals surface area contributed by atoms with Crippen molar-refractivity contribution in [2.45, 2.75) is 33.6 Å². The van der Waals surface area contributed by atoms with Crippen molar-refractivity contribution in [3.05, 3.63) is 64.7 Å². The van der Waals surface area contributed by atoms with Gasteiger partial charge in [0.05, 0.1) is 25.5 Å². The second-order valence-corrected chi connectivity index (χ2v) is 8.62. The first-order valence-corrected chi connectivity index (χ1v) is 11.2. The molecule has 0 radical (unpaired) electrons. The second-order valence-electron chi connectivity index (χ2n) is 8.62. The quantitative estimate of drug-likeness (QED) is 0.674. The summed E-state index contributed by atoms with van der Waals surface area (Å²) in [7, 11) is 0. The molecule has 0 aromatic heterocycles. The monoisotopic (exact) mass is 432 g/mol. The Bertz CT molecular complexity index is 966. The highest BCUT2D eigenvalue weighted by Gasteiger charge is 2.25.